The zero-order valence-corrected chi connectivity index (χ0v) is 13.4. The van der Waals surface area contributed by atoms with Gasteiger partial charge in [0, 0.05) is 5.56 Å². The zero-order chi connectivity index (χ0) is 16.7. The van der Waals surface area contributed by atoms with Gasteiger partial charge in [0.1, 0.15) is 6.04 Å². The Labute approximate surface area is 130 Å². The van der Waals surface area contributed by atoms with Crippen LogP contribution in [0.1, 0.15) is 37.6 Å². The fourth-order valence-electron chi connectivity index (χ4n) is 2.02. The van der Waals surface area contributed by atoms with Gasteiger partial charge < -0.3 is 19.9 Å². The molecule has 2 N–H and O–H groups in total. The Kier molecular flexibility index (Phi) is 6.69. The molecule has 1 aromatic carbocycles. The number of aliphatic carboxylic acids is 1. The van der Waals surface area contributed by atoms with Crippen molar-refractivity contribution in [3.8, 4) is 11.5 Å². The van der Waals surface area contributed by atoms with E-state index in [9.17, 15) is 14.7 Å². The van der Waals surface area contributed by atoms with Gasteiger partial charge in [-0.1, -0.05) is 13.8 Å². The Bertz CT molecular complexity index is 527. The van der Waals surface area contributed by atoms with Crippen LogP contribution in [0.3, 0.4) is 0 Å². The number of nitrogens with one attached hydrogen (secondary N) is 1. The van der Waals surface area contributed by atoms with Gasteiger partial charge in [-0.15, -0.1) is 0 Å². The van der Waals surface area contributed by atoms with Gasteiger partial charge in [0.2, 0.25) is 0 Å². The Morgan fingerprint density at radius 3 is 2.45 bits per heavy atom. The number of carbonyl (C=O) groups excluding carboxylic acids is 1. The first kappa shape index (κ1) is 17.8. The number of rotatable bonds is 8. The van der Waals surface area contributed by atoms with Gasteiger partial charge in [0.15, 0.2) is 11.5 Å². The normalized spacial score (nSPS) is 11.9. The predicted molar refractivity (Wildman–Crippen MR) is 82.5 cm³/mol. The SMILES string of the molecule is CCOc1ccc(C(=O)N[C@@H](CC(C)C)C(=O)O)cc1OC. The van der Waals surface area contributed by atoms with Crippen molar-refractivity contribution < 1.29 is 24.2 Å². The number of carboxylic acids is 1. The maximum absolute atomic E-state index is 12.2. The number of hydrogen-bond acceptors (Lipinski definition) is 4. The Morgan fingerprint density at radius 2 is 1.95 bits per heavy atom. The van der Waals surface area contributed by atoms with E-state index in [2.05, 4.69) is 5.32 Å². The van der Waals surface area contributed by atoms with Crippen LogP contribution in [0.15, 0.2) is 18.2 Å². The summed E-state index contributed by atoms with van der Waals surface area (Å²) in [6, 6.07) is 3.84. The number of amides is 1. The first-order valence-corrected chi connectivity index (χ1v) is 7.23. The predicted octanol–water partition coefficient (Wildman–Crippen LogP) is 2.32. The van der Waals surface area contributed by atoms with Crippen molar-refractivity contribution in [3.63, 3.8) is 0 Å². The van der Waals surface area contributed by atoms with Gasteiger partial charge in [-0.2, -0.15) is 0 Å². The highest BCUT2D eigenvalue weighted by atomic mass is 16.5. The van der Waals surface area contributed by atoms with Crippen molar-refractivity contribution in [2.75, 3.05) is 13.7 Å². The van der Waals surface area contributed by atoms with Crippen LogP contribution < -0.4 is 14.8 Å². The molecule has 1 rings (SSSR count). The van der Waals surface area contributed by atoms with Crippen molar-refractivity contribution in [2.45, 2.75) is 33.2 Å². The fourth-order valence-corrected chi connectivity index (χ4v) is 2.02. The highest BCUT2D eigenvalue weighted by molar-refractivity contribution is 5.97. The molecule has 0 aliphatic carbocycles. The van der Waals surface area contributed by atoms with Gasteiger partial charge in [-0.05, 0) is 37.5 Å². The van der Waals surface area contributed by atoms with Gasteiger partial charge >= 0.3 is 5.97 Å². The molecule has 6 heteroatoms. The maximum atomic E-state index is 12.2. The van der Waals surface area contributed by atoms with E-state index in [1.54, 1.807) is 12.1 Å². The van der Waals surface area contributed by atoms with E-state index in [0.29, 0.717) is 30.1 Å². The molecule has 0 aromatic heterocycles. The monoisotopic (exact) mass is 309 g/mol. The van der Waals surface area contributed by atoms with E-state index in [0.717, 1.165) is 0 Å². The summed E-state index contributed by atoms with van der Waals surface area (Å²) >= 11 is 0. The van der Waals surface area contributed by atoms with Crippen LogP contribution in [-0.4, -0.2) is 36.7 Å². The second kappa shape index (κ2) is 8.26. The minimum absolute atomic E-state index is 0.163. The molecule has 6 nitrogen and oxygen atoms in total. The van der Waals surface area contributed by atoms with E-state index in [-0.39, 0.29) is 5.92 Å². The van der Waals surface area contributed by atoms with Gasteiger partial charge in [-0.25, -0.2) is 4.79 Å². The number of hydrogen-bond donors (Lipinski definition) is 2. The smallest absolute Gasteiger partial charge is 0.326 e. The lowest BCUT2D eigenvalue weighted by Gasteiger charge is -2.17. The van der Waals surface area contributed by atoms with Crippen LogP contribution in [0.25, 0.3) is 0 Å². The maximum Gasteiger partial charge on any atom is 0.326 e. The van der Waals surface area contributed by atoms with Crippen LogP contribution in [0.4, 0.5) is 0 Å². The Balaban J connectivity index is 2.90. The zero-order valence-electron chi connectivity index (χ0n) is 13.4. The number of ether oxygens (including phenoxy) is 2. The molecule has 0 saturated heterocycles. The third-order valence-electron chi connectivity index (χ3n) is 3.04. The summed E-state index contributed by atoms with van der Waals surface area (Å²) < 4.78 is 10.6. The lowest BCUT2D eigenvalue weighted by atomic mass is 10.0. The molecule has 0 spiro atoms. The third kappa shape index (κ3) is 4.95. The first-order chi connectivity index (χ1) is 10.4. The highest BCUT2D eigenvalue weighted by Crippen LogP contribution is 2.28. The summed E-state index contributed by atoms with van der Waals surface area (Å²) in [5.74, 6) is -0.352. The summed E-state index contributed by atoms with van der Waals surface area (Å²) in [5, 5.41) is 11.7. The first-order valence-electron chi connectivity index (χ1n) is 7.23. The molecule has 1 aromatic rings. The molecule has 1 amide bonds. The molecule has 122 valence electrons. The third-order valence-corrected chi connectivity index (χ3v) is 3.04. The summed E-state index contributed by atoms with van der Waals surface area (Å²) in [5.41, 5.74) is 0.329. The average molecular weight is 309 g/mol. The summed E-state index contributed by atoms with van der Waals surface area (Å²) in [6.07, 6.45) is 0.370. The van der Waals surface area contributed by atoms with Crippen LogP contribution >= 0.6 is 0 Å². The number of carbonyl (C=O) groups is 2. The summed E-state index contributed by atoms with van der Waals surface area (Å²) in [4.78, 5) is 23.4. The molecular formula is C16H23NO5. The molecule has 1 atom stereocenters. The number of benzene rings is 1. The van der Waals surface area contributed by atoms with Crippen molar-refractivity contribution in [1.29, 1.82) is 0 Å². The topological polar surface area (TPSA) is 84.9 Å². The Morgan fingerprint density at radius 1 is 1.27 bits per heavy atom. The molecule has 22 heavy (non-hydrogen) atoms. The highest BCUT2D eigenvalue weighted by Gasteiger charge is 2.22. The van der Waals surface area contributed by atoms with Gasteiger partial charge in [-0.3, -0.25) is 4.79 Å². The molecule has 0 heterocycles. The van der Waals surface area contributed by atoms with Crippen molar-refractivity contribution in [2.24, 2.45) is 5.92 Å². The molecule has 0 bridgehead atoms. The van der Waals surface area contributed by atoms with E-state index in [4.69, 9.17) is 9.47 Å². The van der Waals surface area contributed by atoms with Gasteiger partial charge in [0.05, 0.1) is 13.7 Å². The Hall–Kier alpha value is -2.24. The number of carboxylic acid groups (broad SMARTS) is 1. The summed E-state index contributed by atoms with van der Waals surface area (Å²) in [6.45, 7) is 6.14. The van der Waals surface area contributed by atoms with Crippen LogP contribution in [0.2, 0.25) is 0 Å². The summed E-state index contributed by atoms with van der Waals surface area (Å²) in [7, 11) is 1.48. The second-order valence-electron chi connectivity index (χ2n) is 5.29. The van der Waals surface area contributed by atoms with Crippen LogP contribution in [-0.2, 0) is 4.79 Å². The minimum Gasteiger partial charge on any atom is -0.493 e. The molecule has 0 saturated carbocycles. The van der Waals surface area contributed by atoms with Crippen molar-refractivity contribution in [3.05, 3.63) is 23.8 Å². The van der Waals surface area contributed by atoms with E-state index < -0.39 is 17.9 Å². The standard InChI is InChI=1S/C16H23NO5/c1-5-22-13-7-6-11(9-14(13)21-4)15(18)17-12(16(19)20)8-10(2)3/h6-7,9-10,12H,5,8H2,1-4H3,(H,17,18)(H,19,20)/t12-/m0/s1. The average Bonchev–Trinajstić information content (AvgIpc) is 2.46. The minimum atomic E-state index is -1.04. The molecule has 0 radical (unpaired) electrons. The van der Waals surface area contributed by atoms with E-state index >= 15 is 0 Å². The molecule has 0 aliphatic heterocycles. The number of methoxy groups -OCH3 is 1. The van der Waals surface area contributed by atoms with E-state index in [1.807, 2.05) is 20.8 Å². The molecule has 0 fully saturated rings. The lowest BCUT2D eigenvalue weighted by Crippen LogP contribution is -2.41. The van der Waals surface area contributed by atoms with E-state index in [1.165, 1.54) is 13.2 Å². The fraction of sp³-hybridized carbons (Fsp3) is 0.500. The quantitative estimate of drug-likeness (QED) is 0.770. The van der Waals surface area contributed by atoms with Crippen molar-refractivity contribution in [1.82, 2.24) is 5.32 Å². The second-order valence-corrected chi connectivity index (χ2v) is 5.29. The van der Waals surface area contributed by atoms with Crippen molar-refractivity contribution >= 4 is 11.9 Å². The molecular weight excluding hydrogens is 286 g/mol. The van der Waals surface area contributed by atoms with Gasteiger partial charge in [0.25, 0.3) is 5.91 Å². The molecule has 0 aliphatic rings. The van der Waals surface area contributed by atoms with Crippen LogP contribution in [0, 0.1) is 5.92 Å². The van der Waals surface area contributed by atoms with Crippen LogP contribution in [0.5, 0.6) is 11.5 Å². The molecule has 0 unspecified atom stereocenters. The lowest BCUT2D eigenvalue weighted by molar-refractivity contribution is -0.139. The largest absolute Gasteiger partial charge is 0.493 e.